The van der Waals surface area contributed by atoms with E-state index in [2.05, 4.69) is 0 Å². The summed E-state index contributed by atoms with van der Waals surface area (Å²) in [4.78, 5) is 38.6. The lowest BCUT2D eigenvalue weighted by atomic mass is 9.65. The summed E-state index contributed by atoms with van der Waals surface area (Å²) in [5, 5.41) is 42.8. The molecule has 2 aromatic rings. The first-order chi connectivity index (χ1) is 20.3. The number of carbonyl (C=O) groups excluding carboxylic acids is 3. The van der Waals surface area contributed by atoms with Crippen molar-refractivity contribution in [2.45, 2.75) is 69.8 Å². The van der Waals surface area contributed by atoms with Crippen molar-refractivity contribution in [2.75, 3.05) is 13.2 Å². The Balaban J connectivity index is 1.30. The molecular formula is C31H36O12. The molecule has 0 radical (unpaired) electrons. The highest BCUT2D eigenvalue weighted by molar-refractivity contribution is 5.90. The van der Waals surface area contributed by atoms with Crippen molar-refractivity contribution in [1.82, 2.24) is 0 Å². The van der Waals surface area contributed by atoms with Gasteiger partial charge in [-0.15, -0.1) is 0 Å². The molecule has 0 spiro atoms. The molecule has 232 valence electrons. The van der Waals surface area contributed by atoms with Gasteiger partial charge in [0.1, 0.15) is 48.6 Å². The van der Waals surface area contributed by atoms with Gasteiger partial charge in [-0.05, 0) is 37.6 Å². The smallest absolute Gasteiger partial charge is 0.338 e. The number of benzene rings is 2. The predicted octanol–water partition coefficient (Wildman–Crippen LogP) is 1.19. The summed E-state index contributed by atoms with van der Waals surface area (Å²) in [6, 6.07) is 16.3. The standard InChI is InChI=1S/C31H36O12/c1-17(31(28(38)43-30(3)15-29(30,31)2)16-40-26(37)19-12-8-5-9-13-19)24(35)42-27-23(34)22(33)21(32)20(41-27)14-39-25(36)18-10-6-4-7-11-18/h4-13,17,20-24,27,32-35H,14-16H2,1-3H3/t17-,20+,21+,22-,23+,24+,27-,29-,30-,31?/m0/s1. The van der Waals surface area contributed by atoms with Crippen LogP contribution in [0, 0.1) is 16.7 Å². The van der Waals surface area contributed by atoms with Gasteiger partial charge in [-0.1, -0.05) is 50.2 Å². The van der Waals surface area contributed by atoms with Crippen LogP contribution in [0.4, 0.5) is 0 Å². The van der Waals surface area contributed by atoms with Gasteiger partial charge >= 0.3 is 17.9 Å². The lowest BCUT2D eigenvalue weighted by Crippen LogP contribution is -2.61. The van der Waals surface area contributed by atoms with E-state index in [1.165, 1.54) is 19.1 Å². The van der Waals surface area contributed by atoms with Crippen LogP contribution >= 0.6 is 0 Å². The molecule has 3 fully saturated rings. The monoisotopic (exact) mass is 600 g/mol. The maximum Gasteiger partial charge on any atom is 0.338 e. The van der Waals surface area contributed by atoms with Crippen LogP contribution in [0.15, 0.2) is 60.7 Å². The summed E-state index contributed by atoms with van der Waals surface area (Å²) in [6.07, 6.45) is -9.57. The molecule has 43 heavy (non-hydrogen) atoms. The number of fused-ring (bicyclic) bond motifs is 1. The van der Waals surface area contributed by atoms with Crippen LogP contribution in [0.5, 0.6) is 0 Å². The van der Waals surface area contributed by atoms with Crippen molar-refractivity contribution in [3.63, 3.8) is 0 Å². The van der Waals surface area contributed by atoms with Crippen LogP contribution in [-0.4, -0.2) is 94.1 Å². The molecular weight excluding hydrogens is 564 g/mol. The Morgan fingerprint density at radius 1 is 0.907 bits per heavy atom. The second kappa shape index (κ2) is 11.6. The number of hydrogen-bond acceptors (Lipinski definition) is 12. The third-order valence-corrected chi connectivity index (χ3v) is 9.38. The average Bonchev–Trinajstić information content (AvgIpc) is 3.51. The number of carbonyl (C=O) groups is 3. The van der Waals surface area contributed by atoms with Gasteiger partial charge in [0.25, 0.3) is 0 Å². The summed E-state index contributed by atoms with van der Waals surface area (Å²) >= 11 is 0. The van der Waals surface area contributed by atoms with Crippen LogP contribution < -0.4 is 0 Å². The van der Waals surface area contributed by atoms with Gasteiger partial charge in [0.2, 0.25) is 0 Å². The average molecular weight is 601 g/mol. The van der Waals surface area contributed by atoms with Gasteiger partial charge in [0, 0.05) is 11.3 Å². The molecule has 2 saturated heterocycles. The van der Waals surface area contributed by atoms with Crippen molar-refractivity contribution in [3.8, 4) is 0 Å². The minimum Gasteiger partial charge on any atom is -0.461 e. The summed E-state index contributed by atoms with van der Waals surface area (Å²) in [7, 11) is 0. The van der Waals surface area contributed by atoms with E-state index in [9.17, 15) is 34.8 Å². The highest BCUT2D eigenvalue weighted by Gasteiger charge is 2.84. The number of rotatable bonds is 10. The lowest BCUT2D eigenvalue weighted by Gasteiger charge is -2.43. The van der Waals surface area contributed by atoms with Gasteiger partial charge in [-0.25, -0.2) is 9.59 Å². The molecule has 2 aliphatic heterocycles. The quantitative estimate of drug-likeness (QED) is 0.174. The zero-order valence-corrected chi connectivity index (χ0v) is 24.0. The molecule has 10 atom stereocenters. The highest BCUT2D eigenvalue weighted by Crippen LogP contribution is 2.75. The van der Waals surface area contributed by atoms with E-state index in [1.54, 1.807) is 62.4 Å². The van der Waals surface area contributed by atoms with Gasteiger partial charge in [0.05, 0.1) is 11.1 Å². The molecule has 5 rings (SSSR count). The molecule has 4 N–H and O–H groups in total. The third-order valence-electron chi connectivity index (χ3n) is 9.38. The van der Waals surface area contributed by atoms with E-state index in [-0.39, 0.29) is 11.1 Å². The molecule has 0 amide bonds. The SMILES string of the molecule is C[C@@H]([C@H](O)O[C@@H]1O[C@H](COC(=O)c2ccccc2)[C@@H](O)[C@H](O)[C@H]1O)C1(COC(=O)c2ccccc2)C(=O)O[C@@]2(C)C[C@]12C. The topological polar surface area (TPSA) is 178 Å². The first-order valence-electron chi connectivity index (χ1n) is 14.1. The van der Waals surface area contributed by atoms with E-state index in [0.29, 0.717) is 6.42 Å². The van der Waals surface area contributed by atoms with Crippen molar-refractivity contribution < 1.29 is 58.5 Å². The Hall–Kier alpha value is -3.39. The fourth-order valence-electron chi connectivity index (χ4n) is 6.29. The number of aliphatic hydroxyl groups is 4. The second-order valence-corrected chi connectivity index (χ2v) is 11.8. The Bertz CT molecular complexity index is 1340. The van der Waals surface area contributed by atoms with Crippen molar-refractivity contribution in [1.29, 1.82) is 0 Å². The minimum absolute atomic E-state index is 0.257. The van der Waals surface area contributed by atoms with Crippen LogP contribution in [0.2, 0.25) is 0 Å². The van der Waals surface area contributed by atoms with Crippen LogP contribution in [0.1, 0.15) is 47.9 Å². The molecule has 2 heterocycles. The lowest BCUT2D eigenvalue weighted by molar-refractivity contribution is -0.342. The first kappa shape index (κ1) is 31.0. The first-order valence-corrected chi connectivity index (χ1v) is 14.1. The largest absolute Gasteiger partial charge is 0.461 e. The molecule has 0 bridgehead atoms. The summed E-state index contributed by atoms with van der Waals surface area (Å²) in [6.45, 7) is 4.18. The van der Waals surface area contributed by atoms with E-state index in [4.69, 9.17) is 23.7 Å². The molecule has 12 nitrogen and oxygen atoms in total. The zero-order chi connectivity index (χ0) is 31.2. The third kappa shape index (κ3) is 5.32. The van der Waals surface area contributed by atoms with Gasteiger partial charge in [-0.3, -0.25) is 4.79 Å². The van der Waals surface area contributed by atoms with Crippen LogP contribution in [-0.2, 0) is 28.5 Å². The number of hydrogen-bond donors (Lipinski definition) is 4. The van der Waals surface area contributed by atoms with Gasteiger partial charge < -0.3 is 44.1 Å². The molecule has 0 aromatic heterocycles. The maximum absolute atomic E-state index is 13.4. The van der Waals surface area contributed by atoms with Gasteiger partial charge in [-0.2, -0.15) is 0 Å². The van der Waals surface area contributed by atoms with E-state index in [1.807, 2.05) is 0 Å². The number of esters is 3. The van der Waals surface area contributed by atoms with E-state index < -0.39 is 90.5 Å². The van der Waals surface area contributed by atoms with Crippen LogP contribution in [0.25, 0.3) is 0 Å². The maximum atomic E-state index is 13.4. The van der Waals surface area contributed by atoms with Crippen molar-refractivity contribution in [3.05, 3.63) is 71.8 Å². The molecule has 1 unspecified atom stereocenters. The summed E-state index contributed by atoms with van der Waals surface area (Å²) in [5.41, 5.74) is -2.66. The fraction of sp³-hybridized carbons (Fsp3) is 0.516. The minimum atomic E-state index is -1.80. The molecule has 1 saturated carbocycles. The zero-order valence-electron chi connectivity index (χ0n) is 24.0. The number of ether oxygens (including phenoxy) is 5. The second-order valence-electron chi connectivity index (χ2n) is 11.8. The Morgan fingerprint density at radius 2 is 1.47 bits per heavy atom. The normalized spacial score (nSPS) is 36.2. The van der Waals surface area contributed by atoms with Crippen LogP contribution in [0.3, 0.4) is 0 Å². The summed E-state index contributed by atoms with van der Waals surface area (Å²) < 4.78 is 27.8. The predicted molar refractivity (Wildman–Crippen MR) is 146 cm³/mol. The summed E-state index contributed by atoms with van der Waals surface area (Å²) in [5.74, 6) is -3.10. The van der Waals surface area contributed by atoms with Crippen molar-refractivity contribution in [2.24, 2.45) is 16.7 Å². The molecule has 3 aliphatic rings. The Labute approximate surface area is 248 Å². The molecule has 1 aliphatic carbocycles. The van der Waals surface area contributed by atoms with E-state index in [0.717, 1.165) is 0 Å². The number of aliphatic hydroxyl groups excluding tert-OH is 4. The van der Waals surface area contributed by atoms with Crippen molar-refractivity contribution >= 4 is 17.9 Å². The molecule has 2 aromatic carbocycles. The highest BCUT2D eigenvalue weighted by atomic mass is 16.7. The Morgan fingerprint density at radius 3 is 2.00 bits per heavy atom. The fourth-order valence-corrected chi connectivity index (χ4v) is 6.29. The Kier molecular flexibility index (Phi) is 8.38. The van der Waals surface area contributed by atoms with E-state index >= 15 is 0 Å². The molecule has 12 heteroatoms. The van der Waals surface area contributed by atoms with Gasteiger partial charge in [0.15, 0.2) is 12.6 Å².